The van der Waals surface area contributed by atoms with Gasteiger partial charge in [-0.15, -0.1) is 0 Å². The summed E-state index contributed by atoms with van der Waals surface area (Å²) in [4.78, 5) is 3.93. The van der Waals surface area contributed by atoms with Crippen LogP contribution in [0.25, 0.3) is 0 Å². The van der Waals surface area contributed by atoms with Gasteiger partial charge >= 0.3 is 0 Å². The SMILES string of the molecule is c1cnnc(Cn2ccnc2)c1. The highest BCUT2D eigenvalue weighted by Gasteiger charge is 1.93. The van der Waals surface area contributed by atoms with Gasteiger partial charge in [-0.1, -0.05) is 0 Å². The van der Waals surface area contributed by atoms with Crippen LogP contribution < -0.4 is 0 Å². The third-order valence-electron chi connectivity index (χ3n) is 1.53. The van der Waals surface area contributed by atoms with E-state index in [1.54, 1.807) is 18.7 Å². The Balaban J connectivity index is 2.15. The fourth-order valence-corrected chi connectivity index (χ4v) is 0.985. The topological polar surface area (TPSA) is 43.6 Å². The molecule has 0 aromatic carbocycles. The highest BCUT2D eigenvalue weighted by atomic mass is 15.1. The third kappa shape index (κ3) is 1.47. The van der Waals surface area contributed by atoms with Gasteiger partial charge in [-0.05, 0) is 12.1 Å². The van der Waals surface area contributed by atoms with Gasteiger partial charge in [-0.3, -0.25) is 0 Å². The van der Waals surface area contributed by atoms with Crippen molar-refractivity contribution < 1.29 is 0 Å². The number of rotatable bonds is 2. The van der Waals surface area contributed by atoms with Gasteiger partial charge in [0.2, 0.25) is 0 Å². The van der Waals surface area contributed by atoms with E-state index in [9.17, 15) is 0 Å². The lowest BCUT2D eigenvalue weighted by Gasteiger charge is -1.98. The summed E-state index contributed by atoms with van der Waals surface area (Å²) in [6.45, 7) is 0.730. The lowest BCUT2D eigenvalue weighted by atomic mass is 10.4. The zero-order valence-electron chi connectivity index (χ0n) is 6.46. The molecule has 4 nitrogen and oxygen atoms in total. The molecule has 0 saturated carbocycles. The number of nitrogens with zero attached hydrogens (tertiary/aromatic N) is 4. The first kappa shape index (κ1) is 6.97. The van der Waals surface area contributed by atoms with E-state index >= 15 is 0 Å². The maximum atomic E-state index is 3.96. The molecule has 0 amide bonds. The first-order chi connectivity index (χ1) is 5.95. The van der Waals surface area contributed by atoms with Crippen molar-refractivity contribution in [2.24, 2.45) is 0 Å². The summed E-state index contributed by atoms with van der Waals surface area (Å²) in [5.74, 6) is 0. The molecule has 0 spiro atoms. The quantitative estimate of drug-likeness (QED) is 0.650. The Morgan fingerprint density at radius 2 is 2.33 bits per heavy atom. The molecular weight excluding hydrogens is 152 g/mol. The second-order valence-electron chi connectivity index (χ2n) is 2.45. The van der Waals surface area contributed by atoms with Gasteiger partial charge in [0.1, 0.15) is 0 Å². The Bertz CT molecular complexity index is 327. The minimum absolute atomic E-state index is 0.730. The molecule has 0 saturated heterocycles. The molecule has 0 unspecified atom stereocenters. The smallest absolute Gasteiger partial charge is 0.0949 e. The summed E-state index contributed by atoms with van der Waals surface area (Å²) in [7, 11) is 0. The Morgan fingerprint density at radius 3 is 3.00 bits per heavy atom. The van der Waals surface area contributed by atoms with Gasteiger partial charge in [-0.25, -0.2) is 4.98 Å². The van der Waals surface area contributed by atoms with Crippen LogP contribution in [0.5, 0.6) is 0 Å². The molecule has 0 bridgehead atoms. The molecule has 0 aliphatic rings. The predicted octanol–water partition coefficient (Wildman–Crippen LogP) is 0.721. The highest BCUT2D eigenvalue weighted by Crippen LogP contribution is 1.95. The molecule has 2 heterocycles. The standard InChI is InChI=1S/C8H8N4/c1-2-8(11-10-3-1)6-12-5-4-9-7-12/h1-5,7H,6H2. The maximum absolute atomic E-state index is 3.96. The van der Waals surface area contributed by atoms with E-state index in [0.29, 0.717) is 0 Å². The van der Waals surface area contributed by atoms with Crippen LogP contribution in [-0.2, 0) is 6.54 Å². The summed E-state index contributed by atoms with van der Waals surface area (Å²) >= 11 is 0. The fraction of sp³-hybridized carbons (Fsp3) is 0.125. The van der Waals surface area contributed by atoms with Crippen molar-refractivity contribution in [1.29, 1.82) is 0 Å². The average Bonchev–Trinajstić information content (AvgIpc) is 2.59. The van der Waals surface area contributed by atoms with Crippen LogP contribution in [0.15, 0.2) is 37.1 Å². The lowest BCUT2D eigenvalue weighted by molar-refractivity contribution is 0.752. The first-order valence-corrected chi connectivity index (χ1v) is 3.67. The monoisotopic (exact) mass is 160 g/mol. The molecule has 0 aliphatic heterocycles. The molecule has 0 radical (unpaired) electrons. The molecule has 0 aliphatic carbocycles. The van der Waals surface area contributed by atoms with E-state index in [-0.39, 0.29) is 0 Å². The summed E-state index contributed by atoms with van der Waals surface area (Å²) in [5, 5.41) is 7.74. The summed E-state index contributed by atoms with van der Waals surface area (Å²) in [6.07, 6.45) is 7.07. The molecule has 4 heteroatoms. The molecule has 0 atom stereocenters. The zero-order valence-corrected chi connectivity index (χ0v) is 6.46. The summed E-state index contributed by atoms with van der Waals surface area (Å²) < 4.78 is 1.95. The van der Waals surface area contributed by atoms with Crippen molar-refractivity contribution >= 4 is 0 Å². The zero-order chi connectivity index (χ0) is 8.23. The highest BCUT2D eigenvalue weighted by molar-refractivity contribution is 4.99. The minimum atomic E-state index is 0.730. The predicted molar refractivity (Wildman–Crippen MR) is 43.4 cm³/mol. The van der Waals surface area contributed by atoms with Crippen molar-refractivity contribution in [2.45, 2.75) is 6.54 Å². The van der Waals surface area contributed by atoms with Crippen molar-refractivity contribution in [2.75, 3.05) is 0 Å². The van der Waals surface area contributed by atoms with E-state index in [0.717, 1.165) is 12.2 Å². The van der Waals surface area contributed by atoms with Crippen LogP contribution in [0.2, 0.25) is 0 Å². The normalized spacial score (nSPS) is 10.0. The van der Waals surface area contributed by atoms with Crippen LogP contribution in [0.1, 0.15) is 5.69 Å². The largest absolute Gasteiger partial charge is 0.331 e. The molecule has 0 fully saturated rings. The number of aromatic nitrogens is 4. The Morgan fingerprint density at radius 1 is 1.33 bits per heavy atom. The van der Waals surface area contributed by atoms with Crippen LogP contribution >= 0.6 is 0 Å². The molecule has 2 rings (SSSR count). The third-order valence-corrected chi connectivity index (χ3v) is 1.53. The van der Waals surface area contributed by atoms with Crippen molar-refractivity contribution in [1.82, 2.24) is 19.7 Å². The van der Waals surface area contributed by atoms with Crippen LogP contribution in [0, 0.1) is 0 Å². The maximum Gasteiger partial charge on any atom is 0.0949 e. The molecule has 2 aromatic heterocycles. The Hall–Kier alpha value is -1.71. The van der Waals surface area contributed by atoms with Crippen molar-refractivity contribution in [3.8, 4) is 0 Å². The summed E-state index contributed by atoms with van der Waals surface area (Å²) in [6, 6.07) is 3.81. The molecule has 2 aromatic rings. The van der Waals surface area contributed by atoms with Gasteiger partial charge in [0.05, 0.1) is 18.6 Å². The van der Waals surface area contributed by atoms with Gasteiger partial charge in [0, 0.05) is 18.6 Å². The first-order valence-electron chi connectivity index (χ1n) is 3.67. The number of hydrogen-bond acceptors (Lipinski definition) is 3. The molecule has 12 heavy (non-hydrogen) atoms. The second kappa shape index (κ2) is 3.13. The van der Waals surface area contributed by atoms with Gasteiger partial charge in [0.25, 0.3) is 0 Å². The number of hydrogen-bond donors (Lipinski definition) is 0. The molecule has 0 N–H and O–H groups in total. The minimum Gasteiger partial charge on any atom is -0.331 e. The van der Waals surface area contributed by atoms with Crippen LogP contribution in [0.4, 0.5) is 0 Å². The van der Waals surface area contributed by atoms with Gasteiger partial charge in [-0.2, -0.15) is 10.2 Å². The van der Waals surface area contributed by atoms with Gasteiger partial charge in [0.15, 0.2) is 0 Å². The Kier molecular flexibility index (Phi) is 1.82. The van der Waals surface area contributed by atoms with Crippen molar-refractivity contribution in [3.63, 3.8) is 0 Å². The summed E-state index contributed by atoms with van der Waals surface area (Å²) in [5.41, 5.74) is 0.940. The van der Waals surface area contributed by atoms with E-state index in [2.05, 4.69) is 15.2 Å². The van der Waals surface area contributed by atoms with E-state index in [1.165, 1.54) is 0 Å². The number of imidazole rings is 1. The van der Waals surface area contributed by atoms with E-state index in [4.69, 9.17) is 0 Å². The Labute approximate surface area is 69.9 Å². The van der Waals surface area contributed by atoms with Crippen molar-refractivity contribution in [3.05, 3.63) is 42.7 Å². The second-order valence-corrected chi connectivity index (χ2v) is 2.45. The molecule has 60 valence electrons. The average molecular weight is 160 g/mol. The van der Waals surface area contributed by atoms with E-state index < -0.39 is 0 Å². The van der Waals surface area contributed by atoms with E-state index in [1.807, 2.05) is 22.9 Å². The molecular formula is C8H8N4. The lowest BCUT2D eigenvalue weighted by Crippen LogP contribution is -1.99. The van der Waals surface area contributed by atoms with Crippen LogP contribution in [0.3, 0.4) is 0 Å². The fourth-order valence-electron chi connectivity index (χ4n) is 0.985. The van der Waals surface area contributed by atoms with Gasteiger partial charge < -0.3 is 4.57 Å². The van der Waals surface area contributed by atoms with Crippen LogP contribution in [-0.4, -0.2) is 19.7 Å².